The van der Waals surface area contributed by atoms with Crippen molar-refractivity contribution in [3.63, 3.8) is 0 Å². The molecule has 3 N–H and O–H groups in total. The fourth-order valence-corrected chi connectivity index (χ4v) is 2.03. The van der Waals surface area contributed by atoms with Crippen LogP contribution in [0.1, 0.15) is 34.1 Å². The van der Waals surface area contributed by atoms with Crippen molar-refractivity contribution in [1.29, 1.82) is 0 Å². The minimum atomic E-state index is -1.22. The molecule has 8 heteroatoms. The summed E-state index contributed by atoms with van der Waals surface area (Å²) in [6, 6.07) is -1.80. The van der Waals surface area contributed by atoms with Gasteiger partial charge >= 0.3 is 12.0 Å². The van der Waals surface area contributed by atoms with Gasteiger partial charge in [-0.1, -0.05) is 13.8 Å². The largest absolute Gasteiger partial charge is 0.480 e. The minimum absolute atomic E-state index is 0.0747. The molecule has 21 heavy (non-hydrogen) atoms. The fraction of sp³-hybridized carbons (Fsp3) is 0.692. The van der Waals surface area contributed by atoms with E-state index in [0.29, 0.717) is 0 Å². The molecule has 0 bridgehead atoms. The molecule has 1 saturated heterocycles. The highest BCUT2D eigenvalue weighted by Crippen LogP contribution is 2.18. The molecule has 0 spiro atoms. The Kier molecular flexibility index (Phi) is 4.93. The second kappa shape index (κ2) is 6.11. The first-order chi connectivity index (χ1) is 9.55. The maximum atomic E-state index is 12.2. The molecular formula is C13H21N3O5. The first kappa shape index (κ1) is 16.9. The summed E-state index contributed by atoms with van der Waals surface area (Å²) >= 11 is 0. The molecule has 1 rings (SSSR count). The van der Waals surface area contributed by atoms with E-state index in [-0.39, 0.29) is 18.9 Å². The molecule has 4 amide bonds. The van der Waals surface area contributed by atoms with Crippen molar-refractivity contribution in [3.05, 3.63) is 0 Å². The zero-order valence-corrected chi connectivity index (χ0v) is 12.6. The molecule has 118 valence electrons. The number of carbonyl (C=O) groups is 4. The van der Waals surface area contributed by atoms with Crippen molar-refractivity contribution in [1.82, 2.24) is 15.5 Å². The van der Waals surface area contributed by atoms with Gasteiger partial charge in [0.15, 0.2) is 0 Å². The Hall–Kier alpha value is -2.12. The Balaban J connectivity index is 2.87. The Morgan fingerprint density at radius 1 is 1.38 bits per heavy atom. The Morgan fingerprint density at radius 3 is 2.43 bits per heavy atom. The van der Waals surface area contributed by atoms with Gasteiger partial charge in [-0.25, -0.2) is 9.59 Å². The lowest BCUT2D eigenvalue weighted by Crippen LogP contribution is -2.67. The van der Waals surface area contributed by atoms with Crippen LogP contribution in [0, 0.1) is 5.92 Å². The minimum Gasteiger partial charge on any atom is -0.480 e. The molecule has 1 aliphatic rings. The first-order valence-corrected chi connectivity index (χ1v) is 6.71. The van der Waals surface area contributed by atoms with E-state index in [9.17, 15) is 19.2 Å². The lowest BCUT2D eigenvalue weighted by Gasteiger charge is -2.40. The lowest BCUT2D eigenvalue weighted by molar-refractivity contribution is -0.142. The molecule has 1 atom stereocenters. The average Bonchev–Trinajstić information content (AvgIpc) is 2.32. The number of imide groups is 1. The molecule has 8 nitrogen and oxygen atoms in total. The summed E-state index contributed by atoms with van der Waals surface area (Å²) in [5, 5.41) is 13.6. The van der Waals surface area contributed by atoms with Crippen LogP contribution in [-0.2, 0) is 14.4 Å². The van der Waals surface area contributed by atoms with Crippen LogP contribution >= 0.6 is 0 Å². The molecule has 0 aromatic heterocycles. The number of aliphatic carboxylic acids is 1. The molecule has 1 fully saturated rings. The number of carboxylic acids is 1. The number of carbonyl (C=O) groups excluding carboxylic acids is 3. The van der Waals surface area contributed by atoms with E-state index >= 15 is 0 Å². The molecule has 0 saturated carbocycles. The smallest absolute Gasteiger partial charge is 0.326 e. The number of hydrogen-bond acceptors (Lipinski definition) is 4. The van der Waals surface area contributed by atoms with Gasteiger partial charge in [0, 0.05) is 0 Å². The van der Waals surface area contributed by atoms with E-state index in [4.69, 9.17) is 5.11 Å². The van der Waals surface area contributed by atoms with Gasteiger partial charge in [0.05, 0.1) is 0 Å². The van der Waals surface area contributed by atoms with Crippen molar-refractivity contribution >= 4 is 23.8 Å². The van der Waals surface area contributed by atoms with Crippen LogP contribution in [0.4, 0.5) is 4.79 Å². The summed E-state index contributed by atoms with van der Waals surface area (Å²) in [4.78, 5) is 47.6. The van der Waals surface area contributed by atoms with E-state index in [1.54, 1.807) is 0 Å². The quantitative estimate of drug-likeness (QED) is 0.629. The average molecular weight is 299 g/mol. The Morgan fingerprint density at radius 2 is 1.95 bits per heavy atom. The molecule has 1 aliphatic heterocycles. The van der Waals surface area contributed by atoms with Gasteiger partial charge in [-0.3, -0.25) is 14.9 Å². The SMILES string of the molecule is CC(C)C[C@@H](NC(=O)N1CC(=O)NC(=O)C1(C)C)C(=O)O. The zero-order chi connectivity index (χ0) is 16.4. The molecule has 0 aromatic carbocycles. The Bertz CT molecular complexity index is 472. The fourth-order valence-electron chi connectivity index (χ4n) is 2.03. The highest BCUT2D eigenvalue weighted by molar-refractivity contribution is 6.06. The van der Waals surface area contributed by atoms with Crippen LogP contribution in [0.3, 0.4) is 0 Å². The van der Waals surface area contributed by atoms with Gasteiger partial charge in [-0.05, 0) is 26.2 Å². The lowest BCUT2D eigenvalue weighted by atomic mass is 9.99. The van der Waals surface area contributed by atoms with Crippen molar-refractivity contribution < 1.29 is 24.3 Å². The van der Waals surface area contributed by atoms with E-state index in [0.717, 1.165) is 4.90 Å². The van der Waals surface area contributed by atoms with E-state index in [1.165, 1.54) is 13.8 Å². The molecule has 1 heterocycles. The van der Waals surface area contributed by atoms with Gasteiger partial charge in [0.2, 0.25) is 5.91 Å². The number of piperazine rings is 1. The second-order valence-corrected chi connectivity index (χ2v) is 5.99. The normalized spacial score (nSPS) is 19.2. The number of rotatable bonds is 4. The first-order valence-electron chi connectivity index (χ1n) is 6.71. The zero-order valence-electron chi connectivity index (χ0n) is 12.6. The van der Waals surface area contributed by atoms with Crippen LogP contribution in [0.25, 0.3) is 0 Å². The van der Waals surface area contributed by atoms with E-state index < -0.39 is 35.4 Å². The van der Waals surface area contributed by atoms with Crippen molar-refractivity contribution in [2.75, 3.05) is 6.54 Å². The third kappa shape index (κ3) is 3.93. The number of urea groups is 1. The molecule has 0 unspecified atom stereocenters. The monoisotopic (exact) mass is 299 g/mol. The van der Waals surface area contributed by atoms with Crippen LogP contribution < -0.4 is 10.6 Å². The standard InChI is InChI=1S/C13H21N3O5/c1-7(2)5-8(10(18)19)14-12(21)16-6-9(17)15-11(20)13(16,3)4/h7-8H,5-6H2,1-4H3,(H,14,21)(H,18,19)(H,15,17,20)/t8-/m1/s1. The molecule has 0 aromatic rings. The molecule has 0 aliphatic carbocycles. The summed E-state index contributed by atoms with van der Waals surface area (Å²) in [5.74, 6) is -2.26. The second-order valence-electron chi connectivity index (χ2n) is 5.99. The van der Waals surface area contributed by atoms with Gasteiger partial charge in [-0.2, -0.15) is 0 Å². The summed E-state index contributed by atoms with van der Waals surface area (Å²) in [6.07, 6.45) is 0.259. The van der Waals surface area contributed by atoms with Crippen LogP contribution in [0.15, 0.2) is 0 Å². The summed E-state index contributed by atoms with van der Waals surface area (Å²) in [7, 11) is 0. The number of amides is 4. The predicted molar refractivity (Wildman–Crippen MR) is 73.3 cm³/mol. The van der Waals surface area contributed by atoms with E-state index in [1.807, 2.05) is 13.8 Å². The maximum Gasteiger partial charge on any atom is 0.326 e. The number of hydrogen-bond donors (Lipinski definition) is 3. The number of carboxylic acid groups (broad SMARTS) is 1. The van der Waals surface area contributed by atoms with E-state index in [2.05, 4.69) is 10.6 Å². The number of nitrogens with one attached hydrogen (secondary N) is 2. The van der Waals surface area contributed by atoms with Gasteiger partial charge in [-0.15, -0.1) is 0 Å². The summed E-state index contributed by atoms with van der Waals surface area (Å²) < 4.78 is 0. The van der Waals surface area contributed by atoms with Gasteiger partial charge < -0.3 is 15.3 Å². The third-order valence-electron chi connectivity index (χ3n) is 3.33. The van der Waals surface area contributed by atoms with Crippen molar-refractivity contribution in [2.45, 2.75) is 45.7 Å². The van der Waals surface area contributed by atoms with Gasteiger partial charge in [0.1, 0.15) is 18.1 Å². The highest BCUT2D eigenvalue weighted by atomic mass is 16.4. The Labute approximate surface area is 122 Å². The van der Waals surface area contributed by atoms with Crippen LogP contribution in [-0.4, -0.2) is 51.9 Å². The third-order valence-corrected chi connectivity index (χ3v) is 3.33. The van der Waals surface area contributed by atoms with Crippen LogP contribution in [0.5, 0.6) is 0 Å². The maximum absolute atomic E-state index is 12.2. The molecular weight excluding hydrogens is 278 g/mol. The number of nitrogens with zero attached hydrogens (tertiary/aromatic N) is 1. The summed E-state index contributed by atoms with van der Waals surface area (Å²) in [6.45, 7) is 6.37. The summed E-state index contributed by atoms with van der Waals surface area (Å²) in [5.41, 5.74) is -1.22. The highest BCUT2D eigenvalue weighted by Gasteiger charge is 2.44. The van der Waals surface area contributed by atoms with Crippen molar-refractivity contribution in [3.8, 4) is 0 Å². The predicted octanol–water partition coefficient (Wildman–Crippen LogP) is -0.0677. The van der Waals surface area contributed by atoms with Gasteiger partial charge in [0.25, 0.3) is 5.91 Å². The topological polar surface area (TPSA) is 116 Å². The van der Waals surface area contributed by atoms with Crippen molar-refractivity contribution in [2.24, 2.45) is 5.92 Å². The van der Waals surface area contributed by atoms with Crippen LogP contribution in [0.2, 0.25) is 0 Å². The molecule has 0 radical (unpaired) electrons.